The highest BCUT2D eigenvalue weighted by Crippen LogP contribution is 2.34. The Balaban J connectivity index is 2.97. The Kier molecular flexibility index (Phi) is 3.37. The number of primary amides is 1. The quantitative estimate of drug-likeness (QED) is 0.386. The fourth-order valence-corrected chi connectivity index (χ4v) is 2.24. The molecule has 0 bridgehead atoms. The minimum absolute atomic E-state index is 0.0765. The molecule has 7 nitrogen and oxygen atoms in total. The summed E-state index contributed by atoms with van der Waals surface area (Å²) in [6.45, 7) is 0. The average Bonchev–Trinajstić information content (AvgIpc) is 2.46. The van der Waals surface area contributed by atoms with E-state index in [2.05, 4.69) is 26.4 Å². The Hall–Kier alpha value is -1.48. The van der Waals surface area contributed by atoms with E-state index < -0.39 is 17.0 Å². The molecule has 0 radical (unpaired) electrons. The van der Waals surface area contributed by atoms with Crippen molar-refractivity contribution in [2.75, 3.05) is 0 Å². The molecule has 80 valence electrons. The van der Waals surface area contributed by atoms with Crippen LogP contribution in [0.2, 0.25) is 0 Å². The number of esters is 1. The van der Waals surface area contributed by atoms with Crippen LogP contribution in [0.4, 0.5) is 9.80 Å². The van der Waals surface area contributed by atoms with Crippen LogP contribution in [-0.4, -0.2) is 17.0 Å². The summed E-state index contributed by atoms with van der Waals surface area (Å²) in [6, 6.07) is 1.19. The van der Waals surface area contributed by atoms with E-state index in [-0.39, 0.29) is 14.4 Å². The van der Waals surface area contributed by atoms with E-state index in [9.17, 15) is 19.7 Å². The van der Waals surface area contributed by atoms with E-state index in [1.165, 1.54) is 6.07 Å². The van der Waals surface area contributed by atoms with Crippen molar-refractivity contribution in [2.24, 2.45) is 5.73 Å². The van der Waals surface area contributed by atoms with Gasteiger partial charge in [0.15, 0.2) is 0 Å². The zero-order valence-corrected chi connectivity index (χ0v) is 9.33. The van der Waals surface area contributed by atoms with Crippen LogP contribution in [0.15, 0.2) is 10.5 Å². The summed E-state index contributed by atoms with van der Waals surface area (Å²) in [5.41, 5.74) is 4.61. The van der Waals surface area contributed by atoms with Crippen LogP contribution >= 0.6 is 27.3 Å². The van der Waals surface area contributed by atoms with Crippen molar-refractivity contribution in [2.45, 2.75) is 0 Å². The molecule has 1 rings (SSSR count). The van der Waals surface area contributed by atoms with Crippen LogP contribution in [0.1, 0.15) is 9.67 Å². The van der Waals surface area contributed by atoms with Crippen LogP contribution in [-0.2, 0) is 4.74 Å². The second kappa shape index (κ2) is 4.36. The molecule has 0 aromatic carbocycles. The number of ether oxygens (including phenoxy) is 1. The minimum Gasteiger partial charge on any atom is -0.372 e. The lowest BCUT2D eigenvalue weighted by Gasteiger charge is -1.93. The molecular weight excluding hydrogens is 292 g/mol. The van der Waals surface area contributed by atoms with Gasteiger partial charge in [0.2, 0.25) is 0 Å². The molecule has 15 heavy (non-hydrogen) atoms. The number of nitro groups is 1. The summed E-state index contributed by atoms with van der Waals surface area (Å²) in [5.74, 6) is -1.01. The average molecular weight is 295 g/mol. The summed E-state index contributed by atoms with van der Waals surface area (Å²) < 4.78 is 4.20. The normalized spacial score (nSPS) is 9.67. The van der Waals surface area contributed by atoms with Crippen LogP contribution in [0, 0.1) is 10.1 Å². The number of amides is 1. The van der Waals surface area contributed by atoms with Crippen LogP contribution in [0.3, 0.4) is 0 Å². The summed E-state index contributed by atoms with van der Waals surface area (Å²) >= 11 is 3.49. The monoisotopic (exact) mass is 294 g/mol. The molecular formula is C6H3BrN2O5S. The molecule has 1 amide bonds. The second-order valence-corrected chi connectivity index (χ2v) is 4.11. The number of carbonyl (C=O) groups excluding carboxylic acids is 2. The Morgan fingerprint density at radius 3 is 2.60 bits per heavy atom. The lowest BCUT2D eigenvalue weighted by molar-refractivity contribution is -0.380. The lowest BCUT2D eigenvalue weighted by Crippen LogP contribution is -2.17. The van der Waals surface area contributed by atoms with Gasteiger partial charge in [-0.15, -0.1) is 0 Å². The predicted molar refractivity (Wildman–Crippen MR) is 53.7 cm³/mol. The summed E-state index contributed by atoms with van der Waals surface area (Å²) in [6.07, 6.45) is -1.26. The molecule has 0 unspecified atom stereocenters. The van der Waals surface area contributed by atoms with Crippen molar-refractivity contribution < 1.29 is 19.2 Å². The molecule has 0 atom stereocenters. The maximum Gasteiger partial charge on any atom is 0.412 e. The zero-order chi connectivity index (χ0) is 11.6. The topological polar surface area (TPSA) is 113 Å². The first-order valence-corrected chi connectivity index (χ1v) is 4.98. The maximum atomic E-state index is 11.1. The van der Waals surface area contributed by atoms with Crippen LogP contribution in [0.25, 0.3) is 0 Å². The van der Waals surface area contributed by atoms with Crippen molar-refractivity contribution in [1.82, 2.24) is 0 Å². The van der Waals surface area contributed by atoms with Gasteiger partial charge < -0.3 is 10.5 Å². The van der Waals surface area contributed by atoms with Crippen LogP contribution < -0.4 is 5.73 Å². The van der Waals surface area contributed by atoms with Gasteiger partial charge >= 0.3 is 17.1 Å². The number of carbonyl (C=O) groups is 2. The minimum atomic E-state index is -1.26. The van der Waals surface area contributed by atoms with Gasteiger partial charge in [-0.3, -0.25) is 10.1 Å². The van der Waals surface area contributed by atoms with E-state index in [0.29, 0.717) is 11.3 Å². The molecule has 0 saturated heterocycles. The molecule has 2 N–H and O–H groups in total. The molecule has 0 aliphatic heterocycles. The third-order valence-corrected chi connectivity index (χ3v) is 3.16. The standard InChI is InChI=1S/C6H3BrN2O5S/c7-2-1-3(5(10)14-6(8)11)15-4(2)9(12)13/h1H,(H2,8,11). The maximum absolute atomic E-state index is 11.1. The van der Waals surface area contributed by atoms with E-state index in [1.54, 1.807) is 0 Å². The highest BCUT2D eigenvalue weighted by atomic mass is 79.9. The van der Waals surface area contributed by atoms with E-state index in [1.807, 2.05) is 0 Å². The first-order chi connectivity index (χ1) is 6.91. The van der Waals surface area contributed by atoms with Crippen molar-refractivity contribution in [3.05, 3.63) is 25.5 Å². The molecule has 0 spiro atoms. The number of nitrogens with zero attached hydrogens (tertiary/aromatic N) is 1. The van der Waals surface area contributed by atoms with Gasteiger partial charge in [0.25, 0.3) is 0 Å². The molecule has 0 fully saturated rings. The van der Waals surface area contributed by atoms with Gasteiger partial charge in [-0.25, -0.2) is 9.59 Å². The van der Waals surface area contributed by atoms with Gasteiger partial charge in [-0.2, -0.15) is 0 Å². The third kappa shape index (κ3) is 2.73. The third-order valence-electron chi connectivity index (χ3n) is 1.23. The summed E-state index contributed by atoms with van der Waals surface area (Å²) in [5, 5.41) is 10.2. The van der Waals surface area contributed by atoms with Gasteiger partial charge in [0.05, 0.1) is 4.92 Å². The number of rotatable bonds is 2. The zero-order valence-electron chi connectivity index (χ0n) is 6.93. The fraction of sp³-hybridized carbons (Fsp3) is 0. The van der Waals surface area contributed by atoms with Gasteiger partial charge in [0.1, 0.15) is 9.35 Å². The predicted octanol–water partition coefficient (Wildman–Crippen LogP) is 1.65. The largest absolute Gasteiger partial charge is 0.412 e. The number of halogens is 1. The highest BCUT2D eigenvalue weighted by molar-refractivity contribution is 9.10. The number of nitrogens with two attached hydrogens (primary N) is 1. The second-order valence-electron chi connectivity index (χ2n) is 2.23. The van der Waals surface area contributed by atoms with Gasteiger partial charge in [-0.05, 0) is 22.0 Å². The lowest BCUT2D eigenvalue weighted by atomic mass is 10.5. The number of thiophene rings is 1. The number of hydrogen-bond donors (Lipinski definition) is 1. The SMILES string of the molecule is NC(=O)OC(=O)c1cc(Br)c([N+](=O)[O-])s1. The van der Waals surface area contributed by atoms with Crippen molar-refractivity contribution in [1.29, 1.82) is 0 Å². The molecule has 0 aliphatic rings. The Bertz CT molecular complexity index is 443. The summed E-state index contributed by atoms with van der Waals surface area (Å²) in [4.78, 5) is 31.0. The van der Waals surface area contributed by atoms with Crippen molar-refractivity contribution >= 4 is 44.3 Å². The Morgan fingerprint density at radius 2 is 2.20 bits per heavy atom. The molecule has 1 heterocycles. The molecule has 0 aliphatic carbocycles. The molecule has 9 heteroatoms. The molecule has 1 aromatic heterocycles. The smallest absolute Gasteiger partial charge is 0.372 e. The Morgan fingerprint density at radius 1 is 1.60 bits per heavy atom. The van der Waals surface area contributed by atoms with Crippen molar-refractivity contribution in [3.8, 4) is 0 Å². The van der Waals surface area contributed by atoms with E-state index in [0.717, 1.165) is 0 Å². The van der Waals surface area contributed by atoms with Gasteiger partial charge in [0, 0.05) is 0 Å². The van der Waals surface area contributed by atoms with Crippen molar-refractivity contribution in [3.63, 3.8) is 0 Å². The molecule has 1 aromatic rings. The van der Waals surface area contributed by atoms with E-state index in [4.69, 9.17) is 0 Å². The summed E-state index contributed by atoms with van der Waals surface area (Å²) in [7, 11) is 0. The first-order valence-electron chi connectivity index (χ1n) is 3.37. The van der Waals surface area contributed by atoms with E-state index >= 15 is 0 Å². The van der Waals surface area contributed by atoms with Gasteiger partial charge in [-0.1, -0.05) is 11.3 Å². The first kappa shape index (κ1) is 11.6. The molecule has 0 saturated carbocycles. The number of hydrogen-bond acceptors (Lipinski definition) is 6. The van der Waals surface area contributed by atoms with Crippen LogP contribution in [0.5, 0.6) is 0 Å². The Labute approximate surface area is 95.1 Å². The highest BCUT2D eigenvalue weighted by Gasteiger charge is 2.22. The fourth-order valence-electron chi connectivity index (χ4n) is 0.726.